The molecule has 2 aromatic rings. The monoisotopic (exact) mass is 256 g/mol. The molecule has 1 aromatic heterocycles. The Hall–Kier alpha value is -1.61. The minimum absolute atomic E-state index is 0.0647. The van der Waals surface area contributed by atoms with Gasteiger partial charge in [-0.1, -0.05) is 12.1 Å². The van der Waals surface area contributed by atoms with Crippen LogP contribution >= 0.6 is 0 Å². The maximum absolute atomic E-state index is 12.2. The maximum atomic E-state index is 12.2. The molecule has 1 atom stereocenters. The summed E-state index contributed by atoms with van der Waals surface area (Å²) < 4.78 is 0. The highest BCUT2D eigenvalue weighted by molar-refractivity contribution is 5.85. The molecule has 1 aliphatic heterocycles. The first-order valence-corrected chi connectivity index (χ1v) is 7.00. The molecule has 1 saturated heterocycles. The van der Waals surface area contributed by atoms with Crippen LogP contribution in [0.5, 0.6) is 0 Å². The van der Waals surface area contributed by atoms with Gasteiger partial charge in [0.1, 0.15) is 0 Å². The van der Waals surface area contributed by atoms with Gasteiger partial charge in [0.2, 0.25) is 0 Å². The van der Waals surface area contributed by atoms with Crippen molar-refractivity contribution in [2.24, 2.45) is 0 Å². The highest BCUT2D eigenvalue weighted by atomic mass is 16.1. The van der Waals surface area contributed by atoms with E-state index in [1.54, 1.807) is 0 Å². The van der Waals surface area contributed by atoms with E-state index < -0.39 is 0 Å². The molecule has 0 aliphatic carbocycles. The molecule has 19 heavy (non-hydrogen) atoms. The largest absolute Gasteiger partial charge is 0.321 e. The number of pyridine rings is 1. The van der Waals surface area contributed by atoms with Crippen molar-refractivity contribution < 1.29 is 0 Å². The number of aromatic nitrogens is 1. The van der Waals surface area contributed by atoms with Crippen LogP contribution in [0.1, 0.15) is 29.5 Å². The van der Waals surface area contributed by atoms with Gasteiger partial charge in [-0.2, -0.15) is 0 Å². The van der Waals surface area contributed by atoms with Crippen LogP contribution < -0.4 is 10.9 Å². The van der Waals surface area contributed by atoms with E-state index in [1.807, 2.05) is 6.92 Å². The molecule has 3 heteroatoms. The Morgan fingerprint density at radius 3 is 2.79 bits per heavy atom. The van der Waals surface area contributed by atoms with Crippen LogP contribution in [0.15, 0.2) is 23.0 Å². The molecular weight excluding hydrogens is 236 g/mol. The number of fused-ring (bicyclic) bond motifs is 1. The maximum Gasteiger partial charge on any atom is 0.251 e. The molecule has 100 valence electrons. The van der Waals surface area contributed by atoms with Gasteiger partial charge in [-0.25, -0.2) is 0 Å². The van der Waals surface area contributed by atoms with Crippen LogP contribution in [0.25, 0.3) is 10.9 Å². The van der Waals surface area contributed by atoms with E-state index in [1.165, 1.54) is 23.8 Å². The Morgan fingerprint density at radius 2 is 2.05 bits per heavy atom. The molecule has 0 amide bonds. The summed E-state index contributed by atoms with van der Waals surface area (Å²) >= 11 is 0. The zero-order valence-corrected chi connectivity index (χ0v) is 11.5. The van der Waals surface area contributed by atoms with Crippen molar-refractivity contribution in [2.45, 2.75) is 39.2 Å². The number of aromatic amines is 1. The van der Waals surface area contributed by atoms with Crippen molar-refractivity contribution in [1.82, 2.24) is 10.3 Å². The molecule has 3 rings (SSSR count). The lowest BCUT2D eigenvalue weighted by atomic mass is 10.0. The average Bonchev–Trinajstić information content (AvgIpc) is 2.89. The van der Waals surface area contributed by atoms with Crippen molar-refractivity contribution in [2.75, 3.05) is 6.54 Å². The third-order valence-corrected chi connectivity index (χ3v) is 4.15. The summed E-state index contributed by atoms with van der Waals surface area (Å²) in [6.07, 6.45) is 3.22. The molecule has 0 spiro atoms. The zero-order valence-electron chi connectivity index (χ0n) is 11.5. The van der Waals surface area contributed by atoms with Crippen molar-refractivity contribution in [3.05, 3.63) is 45.2 Å². The fourth-order valence-electron chi connectivity index (χ4n) is 2.97. The third kappa shape index (κ3) is 2.30. The van der Waals surface area contributed by atoms with E-state index in [9.17, 15) is 4.79 Å². The number of benzene rings is 1. The van der Waals surface area contributed by atoms with Crippen molar-refractivity contribution in [3.8, 4) is 0 Å². The molecule has 2 heterocycles. The SMILES string of the molecule is Cc1ccc(C)c2[nH]c(=O)c(CC3CCCN3)cc12. The first-order valence-electron chi connectivity index (χ1n) is 7.00. The fraction of sp³-hybridized carbons (Fsp3) is 0.438. The molecule has 1 aliphatic rings. The summed E-state index contributed by atoms with van der Waals surface area (Å²) in [4.78, 5) is 15.3. The Morgan fingerprint density at radius 1 is 1.26 bits per heavy atom. The average molecular weight is 256 g/mol. The van der Waals surface area contributed by atoms with Gasteiger partial charge in [-0.15, -0.1) is 0 Å². The second kappa shape index (κ2) is 4.82. The Labute approximate surface area is 113 Å². The first kappa shape index (κ1) is 12.4. The van der Waals surface area contributed by atoms with Crippen LogP contribution in [0.4, 0.5) is 0 Å². The van der Waals surface area contributed by atoms with Gasteiger partial charge in [0.25, 0.3) is 5.56 Å². The molecule has 0 radical (unpaired) electrons. The van der Waals surface area contributed by atoms with Crippen LogP contribution in [0.2, 0.25) is 0 Å². The number of hydrogen-bond acceptors (Lipinski definition) is 2. The van der Waals surface area contributed by atoms with Gasteiger partial charge in [-0.05, 0) is 56.8 Å². The zero-order chi connectivity index (χ0) is 13.4. The molecular formula is C16H20N2O. The molecule has 0 saturated carbocycles. The second-order valence-electron chi connectivity index (χ2n) is 5.61. The summed E-state index contributed by atoms with van der Waals surface area (Å²) in [5.41, 5.74) is 4.30. The Bertz CT molecular complexity index is 666. The summed E-state index contributed by atoms with van der Waals surface area (Å²) in [7, 11) is 0. The van der Waals surface area contributed by atoms with Gasteiger partial charge in [0.15, 0.2) is 0 Å². The highest BCUT2D eigenvalue weighted by Crippen LogP contribution is 2.20. The van der Waals surface area contributed by atoms with Crippen molar-refractivity contribution in [3.63, 3.8) is 0 Å². The van der Waals surface area contributed by atoms with E-state index in [0.29, 0.717) is 6.04 Å². The predicted octanol–water partition coefficient (Wildman–Crippen LogP) is 2.44. The smallest absolute Gasteiger partial charge is 0.251 e. The Balaban J connectivity index is 2.08. The minimum atomic E-state index is 0.0647. The van der Waals surface area contributed by atoms with Crippen LogP contribution in [0, 0.1) is 13.8 Å². The second-order valence-corrected chi connectivity index (χ2v) is 5.61. The van der Waals surface area contributed by atoms with Crippen LogP contribution in [-0.4, -0.2) is 17.6 Å². The summed E-state index contributed by atoms with van der Waals surface area (Å²) in [6.45, 7) is 5.21. The summed E-state index contributed by atoms with van der Waals surface area (Å²) in [5.74, 6) is 0. The summed E-state index contributed by atoms with van der Waals surface area (Å²) in [6, 6.07) is 6.72. The van der Waals surface area contributed by atoms with E-state index in [0.717, 1.165) is 29.6 Å². The molecule has 2 N–H and O–H groups in total. The molecule has 1 aromatic carbocycles. The normalized spacial score (nSPS) is 19.2. The van der Waals surface area contributed by atoms with E-state index in [-0.39, 0.29) is 5.56 Å². The lowest BCUT2D eigenvalue weighted by Gasteiger charge is -2.11. The van der Waals surface area contributed by atoms with Crippen LogP contribution in [-0.2, 0) is 6.42 Å². The highest BCUT2D eigenvalue weighted by Gasteiger charge is 2.16. The Kier molecular flexibility index (Phi) is 3.15. The van der Waals surface area contributed by atoms with Crippen molar-refractivity contribution in [1.29, 1.82) is 0 Å². The van der Waals surface area contributed by atoms with Crippen LogP contribution in [0.3, 0.4) is 0 Å². The minimum Gasteiger partial charge on any atom is -0.321 e. The van der Waals surface area contributed by atoms with E-state index in [4.69, 9.17) is 0 Å². The molecule has 3 nitrogen and oxygen atoms in total. The number of nitrogens with one attached hydrogen (secondary N) is 2. The van der Waals surface area contributed by atoms with Gasteiger partial charge in [0.05, 0.1) is 5.52 Å². The number of hydrogen-bond donors (Lipinski definition) is 2. The van der Waals surface area contributed by atoms with E-state index >= 15 is 0 Å². The quantitative estimate of drug-likeness (QED) is 0.867. The third-order valence-electron chi connectivity index (χ3n) is 4.15. The van der Waals surface area contributed by atoms with Crippen molar-refractivity contribution >= 4 is 10.9 Å². The predicted molar refractivity (Wildman–Crippen MR) is 78.8 cm³/mol. The molecule has 1 fully saturated rings. The van der Waals surface area contributed by atoms with E-state index in [2.05, 4.69) is 35.4 Å². The van der Waals surface area contributed by atoms with Gasteiger partial charge in [0, 0.05) is 17.0 Å². The lowest BCUT2D eigenvalue weighted by molar-refractivity contribution is 0.600. The first-order chi connectivity index (χ1) is 9.15. The topological polar surface area (TPSA) is 44.9 Å². The summed E-state index contributed by atoms with van der Waals surface area (Å²) in [5, 5.41) is 4.63. The van der Waals surface area contributed by atoms with Gasteiger partial charge in [-0.3, -0.25) is 4.79 Å². The number of aryl methyl sites for hydroxylation is 2. The molecule has 1 unspecified atom stereocenters. The molecule has 0 bridgehead atoms. The number of H-pyrrole nitrogens is 1. The van der Waals surface area contributed by atoms with Gasteiger partial charge >= 0.3 is 0 Å². The van der Waals surface area contributed by atoms with Gasteiger partial charge < -0.3 is 10.3 Å². The number of rotatable bonds is 2. The standard InChI is InChI=1S/C16H20N2O/c1-10-5-6-11(2)15-14(10)9-12(16(19)18-15)8-13-4-3-7-17-13/h5-6,9,13,17H,3-4,7-8H2,1-2H3,(H,18,19). The fourth-order valence-corrected chi connectivity index (χ4v) is 2.97. The lowest BCUT2D eigenvalue weighted by Crippen LogP contribution is -2.27.